The quantitative estimate of drug-likeness (QED) is 0.601. The topological polar surface area (TPSA) is 61.8 Å². The van der Waals surface area contributed by atoms with Crippen molar-refractivity contribution in [3.63, 3.8) is 0 Å². The van der Waals surface area contributed by atoms with E-state index in [-0.39, 0.29) is 18.7 Å². The highest BCUT2D eigenvalue weighted by atomic mass is 16.6. The number of rotatable bonds is 2. The lowest BCUT2D eigenvalue weighted by molar-refractivity contribution is -0.179. The van der Waals surface area contributed by atoms with Crippen LogP contribution in [0, 0.1) is 0 Å². The van der Waals surface area contributed by atoms with Crippen molar-refractivity contribution in [2.45, 2.75) is 32.5 Å². The first-order valence-electron chi connectivity index (χ1n) is 4.52. The second kappa shape index (κ2) is 4.95. The van der Waals surface area contributed by atoms with E-state index in [9.17, 15) is 9.59 Å². The Morgan fingerprint density at radius 2 is 1.71 bits per heavy atom. The molecule has 1 rings (SSSR count). The molecule has 0 radical (unpaired) electrons. The highest BCUT2D eigenvalue weighted by molar-refractivity contribution is 5.67. The van der Waals surface area contributed by atoms with Crippen LogP contribution in [0.3, 0.4) is 0 Å². The molecule has 80 valence electrons. The zero-order valence-corrected chi connectivity index (χ0v) is 8.32. The Labute approximate surface area is 82.3 Å². The van der Waals surface area contributed by atoms with E-state index in [0.717, 1.165) is 0 Å². The van der Waals surface area contributed by atoms with Crippen molar-refractivity contribution in [3.8, 4) is 0 Å². The normalized spacial score (nSPS) is 26.7. The number of carbonyl (C=O) groups is 2. The van der Waals surface area contributed by atoms with Crippen molar-refractivity contribution >= 4 is 11.9 Å². The Morgan fingerprint density at radius 3 is 2.29 bits per heavy atom. The molecular weight excluding hydrogens is 188 g/mol. The van der Waals surface area contributed by atoms with Crippen LogP contribution in [0.5, 0.6) is 0 Å². The van der Waals surface area contributed by atoms with Crippen LogP contribution in [0.1, 0.15) is 20.3 Å². The summed E-state index contributed by atoms with van der Waals surface area (Å²) in [5, 5.41) is 0. The van der Waals surface area contributed by atoms with Gasteiger partial charge in [0.05, 0.1) is 13.2 Å². The number of hydrogen-bond donors (Lipinski definition) is 0. The lowest BCUT2D eigenvalue weighted by atomic mass is 10.1. The van der Waals surface area contributed by atoms with Gasteiger partial charge in [0.1, 0.15) is 6.10 Å². The van der Waals surface area contributed by atoms with Crippen LogP contribution in [0.15, 0.2) is 0 Å². The minimum absolute atomic E-state index is 0.289. The molecule has 0 aromatic rings. The van der Waals surface area contributed by atoms with Gasteiger partial charge in [0.15, 0.2) is 6.10 Å². The zero-order valence-electron chi connectivity index (χ0n) is 8.32. The first-order valence-corrected chi connectivity index (χ1v) is 4.52. The second-order valence-corrected chi connectivity index (χ2v) is 3.16. The largest absolute Gasteiger partial charge is 0.458 e. The van der Waals surface area contributed by atoms with Crippen molar-refractivity contribution in [1.29, 1.82) is 0 Å². The summed E-state index contributed by atoms with van der Waals surface area (Å²) in [5.74, 6) is -0.758. The molecule has 0 aromatic carbocycles. The molecule has 14 heavy (non-hydrogen) atoms. The lowest BCUT2D eigenvalue weighted by Gasteiger charge is -2.29. The van der Waals surface area contributed by atoms with Gasteiger partial charge in [0, 0.05) is 20.3 Å². The molecule has 0 bridgehead atoms. The van der Waals surface area contributed by atoms with Gasteiger partial charge in [-0.2, -0.15) is 0 Å². The fourth-order valence-corrected chi connectivity index (χ4v) is 1.36. The van der Waals surface area contributed by atoms with E-state index < -0.39 is 12.1 Å². The SMILES string of the molecule is CC(=O)O[C@H]1CCOC[C@H]1OC(C)=O. The van der Waals surface area contributed by atoms with Crippen molar-refractivity contribution < 1.29 is 23.8 Å². The van der Waals surface area contributed by atoms with Crippen molar-refractivity contribution in [2.24, 2.45) is 0 Å². The van der Waals surface area contributed by atoms with Crippen molar-refractivity contribution in [3.05, 3.63) is 0 Å². The molecule has 0 saturated carbocycles. The Morgan fingerprint density at radius 1 is 1.14 bits per heavy atom. The van der Waals surface area contributed by atoms with Gasteiger partial charge in [0.25, 0.3) is 0 Å². The van der Waals surface area contributed by atoms with Gasteiger partial charge in [-0.05, 0) is 0 Å². The fraction of sp³-hybridized carbons (Fsp3) is 0.778. The first kappa shape index (κ1) is 11.0. The molecule has 0 amide bonds. The fourth-order valence-electron chi connectivity index (χ4n) is 1.36. The van der Waals surface area contributed by atoms with Gasteiger partial charge in [-0.3, -0.25) is 9.59 Å². The minimum Gasteiger partial charge on any atom is -0.458 e. The van der Waals surface area contributed by atoms with Crippen LogP contribution < -0.4 is 0 Å². The molecule has 1 fully saturated rings. The van der Waals surface area contributed by atoms with E-state index in [0.29, 0.717) is 13.0 Å². The summed E-state index contributed by atoms with van der Waals surface area (Å²) < 4.78 is 15.1. The van der Waals surface area contributed by atoms with Gasteiger partial charge in [-0.15, -0.1) is 0 Å². The minimum atomic E-state index is -0.467. The summed E-state index contributed by atoms with van der Waals surface area (Å²) in [6.45, 7) is 3.47. The zero-order chi connectivity index (χ0) is 10.6. The van der Waals surface area contributed by atoms with Gasteiger partial charge >= 0.3 is 11.9 Å². The molecule has 1 heterocycles. The number of hydrogen-bond acceptors (Lipinski definition) is 5. The maximum Gasteiger partial charge on any atom is 0.303 e. The van der Waals surface area contributed by atoms with Crippen LogP contribution in [0.4, 0.5) is 0 Å². The molecule has 0 spiro atoms. The molecule has 5 nitrogen and oxygen atoms in total. The maximum absolute atomic E-state index is 10.7. The lowest BCUT2D eigenvalue weighted by Crippen LogP contribution is -2.42. The molecule has 2 atom stereocenters. The van der Waals surface area contributed by atoms with Crippen LogP contribution in [-0.4, -0.2) is 37.4 Å². The summed E-state index contributed by atoms with van der Waals surface area (Å²) in [7, 11) is 0. The third-order valence-electron chi connectivity index (χ3n) is 1.88. The van der Waals surface area contributed by atoms with E-state index in [4.69, 9.17) is 14.2 Å². The smallest absolute Gasteiger partial charge is 0.303 e. The third-order valence-corrected chi connectivity index (χ3v) is 1.88. The summed E-state index contributed by atoms with van der Waals surface area (Å²) >= 11 is 0. The number of carbonyl (C=O) groups excluding carboxylic acids is 2. The van der Waals surface area contributed by atoms with Crippen LogP contribution >= 0.6 is 0 Å². The number of ether oxygens (including phenoxy) is 3. The Balaban J connectivity index is 2.49. The van der Waals surface area contributed by atoms with Gasteiger partial charge in [0.2, 0.25) is 0 Å². The summed E-state index contributed by atoms with van der Waals surface area (Å²) in [5.41, 5.74) is 0. The van der Waals surface area contributed by atoms with Crippen molar-refractivity contribution in [1.82, 2.24) is 0 Å². The predicted octanol–water partition coefficient (Wildman–Crippen LogP) is 0.270. The highest BCUT2D eigenvalue weighted by Gasteiger charge is 2.30. The molecule has 5 heteroatoms. The average Bonchev–Trinajstić information content (AvgIpc) is 2.06. The molecule has 0 aliphatic carbocycles. The van der Waals surface area contributed by atoms with Crippen LogP contribution in [-0.2, 0) is 23.8 Å². The Kier molecular flexibility index (Phi) is 3.88. The predicted molar refractivity (Wildman–Crippen MR) is 46.5 cm³/mol. The second-order valence-electron chi connectivity index (χ2n) is 3.16. The van der Waals surface area contributed by atoms with Gasteiger partial charge in [-0.25, -0.2) is 0 Å². The van der Waals surface area contributed by atoms with E-state index in [1.54, 1.807) is 0 Å². The van der Waals surface area contributed by atoms with Crippen LogP contribution in [0.2, 0.25) is 0 Å². The molecule has 1 aliphatic rings. The molecule has 0 unspecified atom stereocenters. The average molecular weight is 202 g/mol. The first-order chi connectivity index (χ1) is 6.59. The molecule has 0 aromatic heterocycles. The van der Waals surface area contributed by atoms with E-state index in [2.05, 4.69) is 0 Å². The monoisotopic (exact) mass is 202 g/mol. The van der Waals surface area contributed by atoms with E-state index >= 15 is 0 Å². The maximum atomic E-state index is 10.7. The van der Waals surface area contributed by atoms with E-state index in [1.165, 1.54) is 13.8 Å². The molecule has 1 saturated heterocycles. The van der Waals surface area contributed by atoms with E-state index in [1.807, 2.05) is 0 Å². The Bertz CT molecular complexity index is 201. The summed E-state index contributed by atoms with van der Waals surface area (Å²) in [4.78, 5) is 21.5. The van der Waals surface area contributed by atoms with Gasteiger partial charge < -0.3 is 14.2 Å². The summed E-state index contributed by atoms with van der Waals surface area (Å²) in [6, 6.07) is 0. The summed E-state index contributed by atoms with van der Waals surface area (Å²) in [6.07, 6.45) is -0.271. The van der Waals surface area contributed by atoms with Gasteiger partial charge in [-0.1, -0.05) is 0 Å². The third kappa shape index (κ3) is 3.33. The number of esters is 2. The highest BCUT2D eigenvalue weighted by Crippen LogP contribution is 2.15. The molecule has 0 N–H and O–H groups in total. The molecule has 1 aliphatic heterocycles. The Hall–Kier alpha value is -1.10. The standard InChI is InChI=1S/C9H14O5/c1-6(10)13-8-3-4-12-5-9(8)14-7(2)11/h8-9H,3-5H2,1-2H3/t8-,9+/m0/s1. The van der Waals surface area contributed by atoms with Crippen LogP contribution in [0.25, 0.3) is 0 Å². The van der Waals surface area contributed by atoms with Crippen molar-refractivity contribution in [2.75, 3.05) is 13.2 Å². The molecular formula is C9H14O5.